The molecule has 2 N–H and O–H groups in total. The number of aliphatic carboxylic acids is 1. The summed E-state index contributed by atoms with van der Waals surface area (Å²) in [4.78, 5) is 9.96. The molecule has 0 fully saturated rings. The molecular weight excluding hydrogens is 130 g/mol. The lowest BCUT2D eigenvalue weighted by molar-refractivity contribution is -0.131. The number of nitrogens with one attached hydrogen (secondary N) is 1. The number of hydrogen-bond donors (Lipinski definition) is 2. The molecule has 3 nitrogen and oxygen atoms in total. The van der Waals surface area contributed by atoms with Gasteiger partial charge in [0.15, 0.2) is 0 Å². The van der Waals surface area contributed by atoms with Gasteiger partial charge in [0.1, 0.15) is 0 Å². The van der Waals surface area contributed by atoms with Gasteiger partial charge in [-0.25, -0.2) is 4.79 Å². The molecule has 0 spiro atoms. The molecule has 0 radical (unpaired) electrons. The van der Waals surface area contributed by atoms with Crippen molar-refractivity contribution < 1.29 is 9.90 Å². The van der Waals surface area contributed by atoms with E-state index in [4.69, 9.17) is 5.11 Å². The zero-order valence-corrected chi connectivity index (χ0v) is 6.51. The van der Waals surface area contributed by atoms with Crippen molar-refractivity contribution in [1.29, 1.82) is 0 Å². The fourth-order valence-corrected chi connectivity index (χ4v) is 0.363. The van der Waals surface area contributed by atoms with Gasteiger partial charge < -0.3 is 10.4 Å². The maximum atomic E-state index is 9.96. The van der Waals surface area contributed by atoms with Crippen LogP contribution in [0.1, 0.15) is 20.8 Å². The summed E-state index contributed by atoms with van der Waals surface area (Å²) in [5.41, 5.74) is -0.0635. The minimum atomic E-state index is -0.934. The van der Waals surface area contributed by atoms with Gasteiger partial charge in [-0.15, -0.1) is 0 Å². The molecule has 0 saturated heterocycles. The van der Waals surface area contributed by atoms with E-state index in [1.54, 1.807) is 0 Å². The third kappa shape index (κ3) is 7.01. The lowest BCUT2D eigenvalue weighted by Crippen LogP contribution is -2.31. The summed E-state index contributed by atoms with van der Waals surface area (Å²) in [6, 6.07) is 0. The Morgan fingerprint density at radius 3 is 2.30 bits per heavy atom. The number of carboxylic acid groups (broad SMARTS) is 1. The lowest BCUT2D eigenvalue weighted by atomic mass is 10.1. The summed E-state index contributed by atoms with van der Waals surface area (Å²) in [6.45, 7) is 5.87. The van der Waals surface area contributed by atoms with Crippen molar-refractivity contribution in [3.63, 3.8) is 0 Å². The molecule has 0 aliphatic rings. The molecule has 0 rings (SSSR count). The van der Waals surface area contributed by atoms with Crippen LogP contribution in [0.3, 0.4) is 0 Å². The largest absolute Gasteiger partial charge is 0.478 e. The molecule has 0 aliphatic carbocycles. The van der Waals surface area contributed by atoms with Gasteiger partial charge in [-0.2, -0.15) is 0 Å². The molecule has 0 aromatic carbocycles. The van der Waals surface area contributed by atoms with Gasteiger partial charge in [0, 0.05) is 17.8 Å². The van der Waals surface area contributed by atoms with Crippen molar-refractivity contribution in [1.82, 2.24) is 5.32 Å². The normalized spacial score (nSPS) is 11.9. The summed E-state index contributed by atoms with van der Waals surface area (Å²) in [6.07, 6.45) is 2.51. The standard InChI is InChI=1S/C7H13NO2/c1-7(2,3)8-5-4-6(9)10/h4-5,8H,1-3H3,(H,9,10)/b5-4+. The van der Waals surface area contributed by atoms with E-state index in [2.05, 4.69) is 5.32 Å². The number of hydrogen-bond acceptors (Lipinski definition) is 2. The molecule has 58 valence electrons. The first-order chi connectivity index (χ1) is 4.42. The Labute approximate surface area is 60.7 Å². The molecule has 0 atom stereocenters. The smallest absolute Gasteiger partial charge is 0.329 e. The topological polar surface area (TPSA) is 49.3 Å². The van der Waals surface area contributed by atoms with Gasteiger partial charge in [0.2, 0.25) is 0 Å². The lowest BCUT2D eigenvalue weighted by Gasteiger charge is -2.17. The molecule has 0 heterocycles. The first-order valence-electron chi connectivity index (χ1n) is 3.09. The molecule has 0 saturated carbocycles. The van der Waals surface area contributed by atoms with Gasteiger partial charge >= 0.3 is 5.97 Å². The van der Waals surface area contributed by atoms with Gasteiger partial charge in [-0.1, -0.05) is 0 Å². The summed E-state index contributed by atoms with van der Waals surface area (Å²) in [5.74, 6) is -0.934. The Morgan fingerprint density at radius 1 is 1.50 bits per heavy atom. The minimum Gasteiger partial charge on any atom is -0.478 e. The third-order valence-corrected chi connectivity index (χ3v) is 0.742. The summed E-state index contributed by atoms with van der Waals surface area (Å²) < 4.78 is 0. The molecule has 0 bridgehead atoms. The summed E-state index contributed by atoms with van der Waals surface area (Å²) in [5, 5.41) is 11.1. The average Bonchev–Trinajstić information content (AvgIpc) is 1.59. The van der Waals surface area contributed by atoms with Gasteiger partial charge in [-0.3, -0.25) is 0 Å². The highest BCUT2D eigenvalue weighted by atomic mass is 16.4. The van der Waals surface area contributed by atoms with Crippen molar-refractivity contribution in [2.75, 3.05) is 0 Å². The van der Waals surface area contributed by atoms with E-state index in [-0.39, 0.29) is 5.54 Å². The Morgan fingerprint density at radius 2 is 2.00 bits per heavy atom. The predicted octanol–water partition coefficient (Wildman–Crippen LogP) is 0.973. The fourth-order valence-electron chi connectivity index (χ4n) is 0.363. The highest BCUT2D eigenvalue weighted by Crippen LogP contribution is 1.96. The van der Waals surface area contributed by atoms with Gasteiger partial charge in [0.25, 0.3) is 0 Å². The molecular formula is C7H13NO2. The average molecular weight is 143 g/mol. The van der Waals surface area contributed by atoms with Crippen LogP contribution in [0.5, 0.6) is 0 Å². The Kier molecular flexibility index (Phi) is 2.93. The van der Waals surface area contributed by atoms with E-state index in [0.717, 1.165) is 6.08 Å². The van der Waals surface area contributed by atoms with Crippen LogP contribution < -0.4 is 5.32 Å². The zero-order valence-electron chi connectivity index (χ0n) is 6.51. The number of rotatable bonds is 2. The van der Waals surface area contributed by atoms with E-state index in [1.807, 2.05) is 20.8 Å². The van der Waals surface area contributed by atoms with Crippen molar-refractivity contribution in [2.45, 2.75) is 26.3 Å². The van der Waals surface area contributed by atoms with E-state index in [0.29, 0.717) is 0 Å². The van der Waals surface area contributed by atoms with Crippen LogP contribution in [-0.2, 0) is 4.79 Å². The molecule has 10 heavy (non-hydrogen) atoms. The Bertz CT molecular complexity index is 144. The monoisotopic (exact) mass is 143 g/mol. The van der Waals surface area contributed by atoms with E-state index >= 15 is 0 Å². The van der Waals surface area contributed by atoms with Crippen LogP contribution in [0.2, 0.25) is 0 Å². The Hall–Kier alpha value is -0.990. The van der Waals surface area contributed by atoms with Crippen molar-refractivity contribution in [2.24, 2.45) is 0 Å². The number of carboxylic acids is 1. The number of carbonyl (C=O) groups is 1. The molecule has 0 unspecified atom stereocenters. The van der Waals surface area contributed by atoms with Crippen LogP contribution in [0.4, 0.5) is 0 Å². The van der Waals surface area contributed by atoms with Crippen LogP contribution in [0.25, 0.3) is 0 Å². The second-order valence-electron chi connectivity index (χ2n) is 3.07. The van der Waals surface area contributed by atoms with E-state index in [9.17, 15) is 4.79 Å². The van der Waals surface area contributed by atoms with Crippen LogP contribution in [0, 0.1) is 0 Å². The zero-order chi connectivity index (χ0) is 8.20. The SMILES string of the molecule is CC(C)(C)N/C=C/C(=O)O. The van der Waals surface area contributed by atoms with Crippen LogP contribution >= 0.6 is 0 Å². The maximum Gasteiger partial charge on any atom is 0.329 e. The van der Waals surface area contributed by atoms with Gasteiger partial charge in [0.05, 0.1) is 0 Å². The highest BCUT2D eigenvalue weighted by Gasteiger charge is 2.04. The van der Waals surface area contributed by atoms with Gasteiger partial charge in [-0.05, 0) is 20.8 Å². The summed E-state index contributed by atoms with van der Waals surface area (Å²) >= 11 is 0. The van der Waals surface area contributed by atoms with Crippen molar-refractivity contribution >= 4 is 5.97 Å². The molecule has 0 aliphatic heterocycles. The maximum absolute atomic E-state index is 9.96. The second-order valence-corrected chi connectivity index (χ2v) is 3.07. The van der Waals surface area contributed by atoms with E-state index < -0.39 is 5.97 Å². The van der Waals surface area contributed by atoms with Crippen LogP contribution in [0.15, 0.2) is 12.3 Å². The third-order valence-electron chi connectivity index (χ3n) is 0.742. The quantitative estimate of drug-likeness (QED) is 0.566. The van der Waals surface area contributed by atoms with Crippen molar-refractivity contribution in [3.05, 3.63) is 12.3 Å². The first kappa shape index (κ1) is 9.01. The molecule has 0 aromatic rings. The Balaban J connectivity index is 3.64. The second kappa shape index (κ2) is 3.25. The predicted molar refractivity (Wildman–Crippen MR) is 39.7 cm³/mol. The molecule has 0 amide bonds. The minimum absolute atomic E-state index is 0.0635. The fraction of sp³-hybridized carbons (Fsp3) is 0.571. The summed E-state index contributed by atoms with van der Waals surface area (Å²) in [7, 11) is 0. The molecule has 3 heteroatoms. The first-order valence-corrected chi connectivity index (χ1v) is 3.09. The molecule has 0 aromatic heterocycles. The highest BCUT2D eigenvalue weighted by molar-refractivity contribution is 5.79. The van der Waals surface area contributed by atoms with Crippen molar-refractivity contribution in [3.8, 4) is 0 Å². The van der Waals surface area contributed by atoms with Crippen LogP contribution in [-0.4, -0.2) is 16.6 Å². The van der Waals surface area contributed by atoms with E-state index in [1.165, 1.54) is 6.20 Å².